The average Bonchev–Trinajstić information content (AvgIpc) is 2.36. The van der Waals surface area contributed by atoms with E-state index in [1.807, 2.05) is 13.8 Å². The van der Waals surface area contributed by atoms with Gasteiger partial charge >= 0.3 is 0 Å². The second-order valence-corrected chi connectivity index (χ2v) is 5.16. The maximum Gasteiger partial charge on any atom is 0.220 e. The fourth-order valence-electron chi connectivity index (χ4n) is 1.50. The van der Waals surface area contributed by atoms with Crippen LogP contribution in [-0.4, -0.2) is 24.6 Å². The molecule has 0 aliphatic heterocycles. The maximum atomic E-state index is 13.2. The van der Waals surface area contributed by atoms with Crippen molar-refractivity contribution in [2.45, 2.75) is 32.2 Å². The normalized spacial score (nSPS) is 10.7. The Morgan fingerprint density at radius 2 is 2.05 bits per heavy atom. The summed E-state index contributed by atoms with van der Waals surface area (Å²) in [5.41, 5.74) is 5.06. The Bertz CT molecular complexity index is 470. The van der Waals surface area contributed by atoms with Gasteiger partial charge in [0, 0.05) is 24.6 Å². The van der Waals surface area contributed by atoms with Gasteiger partial charge in [-0.25, -0.2) is 8.78 Å². The van der Waals surface area contributed by atoms with Crippen LogP contribution >= 0.6 is 12.4 Å². The molecule has 0 bridgehead atoms. The van der Waals surface area contributed by atoms with E-state index in [1.54, 1.807) is 0 Å². The summed E-state index contributed by atoms with van der Waals surface area (Å²) < 4.78 is 31.1. The number of rotatable bonds is 7. The van der Waals surface area contributed by atoms with E-state index < -0.39 is 17.2 Å². The van der Waals surface area contributed by atoms with Crippen LogP contribution in [-0.2, 0) is 4.79 Å². The zero-order chi connectivity index (χ0) is 15.2. The first kappa shape index (κ1) is 19.6. The lowest BCUT2D eigenvalue weighted by molar-refractivity contribution is -0.122. The molecule has 0 aromatic heterocycles. The van der Waals surface area contributed by atoms with E-state index >= 15 is 0 Å². The van der Waals surface area contributed by atoms with Crippen LogP contribution in [0.5, 0.6) is 5.75 Å². The van der Waals surface area contributed by atoms with E-state index in [0.29, 0.717) is 13.0 Å². The molecule has 1 rings (SSSR count). The van der Waals surface area contributed by atoms with Gasteiger partial charge in [0.2, 0.25) is 5.91 Å². The lowest BCUT2D eigenvalue weighted by Gasteiger charge is -2.24. The number of nitrogens with two attached hydrogens (primary N) is 1. The predicted octanol–water partition coefficient (Wildman–Crippen LogP) is 2.40. The molecule has 0 unspecified atom stereocenters. The Morgan fingerprint density at radius 1 is 1.38 bits per heavy atom. The Labute approximate surface area is 129 Å². The zero-order valence-corrected chi connectivity index (χ0v) is 12.9. The van der Waals surface area contributed by atoms with Crippen molar-refractivity contribution in [1.29, 1.82) is 0 Å². The van der Waals surface area contributed by atoms with Crippen LogP contribution in [0.25, 0.3) is 0 Å². The Kier molecular flexibility index (Phi) is 8.21. The molecule has 1 aromatic carbocycles. The number of hydrogen-bond acceptors (Lipinski definition) is 3. The lowest BCUT2D eigenvalue weighted by Crippen LogP contribution is -2.48. The molecule has 120 valence electrons. The molecule has 1 aromatic rings. The average molecular weight is 323 g/mol. The highest BCUT2D eigenvalue weighted by Gasteiger charge is 2.17. The van der Waals surface area contributed by atoms with Crippen LogP contribution < -0.4 is 15.8 Å². The highest BCUT2D eigenvalue weighted by molar-refractivity contribution is 5.85. The lowest BCUT2D eigenvalue weighted by atomic mass is 10.1. The van der Waals surface area contributed by atoms with Crippen molar-refractivity contribution < 1.29 is 18.3 Å². The zero-order valence-electron chi connectivity index (χ0n) is 12.1. The number of carbonyl (C=O) groups is 1. The summed E-state index contributed by atoms with van der Waals surface area (Å²) in [7, 11) is 0. The van der Waals surface area contributed by atoms with Crippen LogP contribution in [0.1, 0.15) is 26.7 Å². The van der Waals surface area contributed by atoms with Crippen molar-refractivity contribution in [2.24, 2.45) is 5.73 Å². The number of ether oxygens (including phenoxy) is 1. The molecule has 0 fully saturated rings. The fraction of sp³-hybridized carbons (Fsp3) is 0.500. The summed E-state index contributed by atoms with van der Waals surface area (Å²) in [5, 5.41) is 2.78. The molecular weight excluding hydrogens is 302 g/mol. The van der Waals surface area contributed by atoms with Gasteiger partial charge in [-0.1, -0.05) is 0 Å². The van der Waals surface area contributed by atoms with Gasteiger partial charge < -0.3 is 15.8 Å². The molecule has 4 nitrogen and oxygen atoms in total. The van der Waals surface area contributed by atoms with Crippen LogP contribution in [0.4, 0.5) is 8.78 Å². The molecule has 0 atom stereocenters. The molecule has 0 saturated carbocycles. The van der Waals surface area contributed by atoms with Gasteiger partial charge in [0.15, 0.2) is 11.6 Å². The van der Waals surface area contributed by atoms with E-state index in [4.69, 9.17) is 10.5 Å². The van der Waals surface area contributed by atoms with Crippen molar-refractivity contribution in [2.75, 3.05) is 13.2 Å². The topological polar surface area (TPSA) is 64.3 Å². The van der Waals surface area contributed by atoms with E-state index in [2.05, 4.69) is 5.32 Å². The van der Waals surface area contributed by atoms with E-state index in [0.717, 1.165) is 12.1 Å². The van der Waals surface area contributed by atoms with Gasteiger partial charge in [0.1, 0.15) is 5.82 Å². The van der Waals surface area contributed by atoms with Gasteiger partial charge in [-0.15, -0.1) is 12.4 Å². The Hall–Kier alpha value is -1.40. The summed E-state index contributed by atoms with van der Waals surface area (Å²) in [6, 6.07) is 3.10. The second-order valence-electron chi connectivity index (χ2n) is 5.16. The molecule has 0 heterocycles. The third-order valence-electron chi connectivity index (χ3n) is 2.69. The molecule has 7 heteroatoms. The largest absolute Gasteiger partial charge is 0.491 e. The molecule has 3 N–H and O–H groups in total. The minimum atomic E-state index is -0.751. The summed E-state index contributed by atoms with van der Waals surface area (Å²) >= 11 is 0. The van der Waals surface area contributed by atoms with Gasteiger partial charge in [-0.2, -0.15) is 0 Å². The van der Waals surface area contributed by atoms with Gasteiger partial charge in [-0.3, -0.25) is 4.79 Å². The maximum absolute atomic E-state index is 13.2. The minimum absolute atomic E-state index is 0. The van der Waals surface area contributed by atoms with Gasteiger partial charge in [0.25, 0.3) is 0 Å². The molecule has 0 spiro atoms. The minimum Gasteiger partial charge on any atom is -0.491 e. The monoisotopic (exact) mass is 322 g/mol. The van der Waals surface area contributed by atoms with Crippen LogP contribution in [0.3, 0.4) is 0 Å². The van der Waals surface area contributed by atoms with E-state index in [9.17, 15) is 13.6 Å². The van der Waals surface area contributed by atoms with Crippen molar-refractivity contribution in [3.05, 3.63) is 29.8 Å². The number of carbonyl (C=O) groups excluding carboxylic acids is 1. The first-order valence-corrected chi connectivity index (χ1v) is 6.43. The molecule has 0 aliphatic rings. The third-order valence-corrected chi connectivity index (χ3v) is 2.69. The quantitative estimate of drug-likeness (QED) is 0.758. The van der Waals surface area contributed by atoms with Crippen molar-refractivity contribution in [3.63, 3.8) is 0 Å². The highest BCUT2D eigenvalue weighted by atomic mass is 35.5. The standard InChI is InChI=1S/C14H20F2N2O2.ClH/c1-14(2,9-17)18-13(19)4-3-7-20-12-6-5-10(15)8-11(12)16;/h5-6,8H,3-4,7,9,17H2,1-2H3,(H,18,19);1H. The summed E-state index contributed by atoms with van der Waals surface area (Å²) in [6.07, 6.45) is 0.690. The second kappa shape index (κ2) is 8.79. The van der Waals surface area contributed by atoms with E-state index in [-0.39, 0.29) is 37.1 Å². The molecule has 0 radical (unpaired) electrons. The first-order chi connectivity index (χ1) is 9.34. The van der Waals surface area contributed by atoms with Crippen molar-refractivity contribution in [1.82, 2.24) is 5.32 Å². The van der Waals surface area contributed by atoms with Crippen LogP contribution in [0.15, 0.2) is 18.2 Å². The molecule has 1 amide bonds. The molecule has 0 aliphatic carbocycles. The number of halogens is 3. The number of amides is 1. The number of nitrogens with one attached hydrogen (secondary N) is 1. The molecule has 0 saturated heterocycles. The summed E-state index contributed by atoms with van der Waals surface area (Å²) in [5.74, 6) is -1.56. The van der Waals surface area contributed by atoms with Crippen molar-refractivity contribution >= 4 is 18.3 Å². The first-order valence-electron chi connectivity index (χ1n) is 6.43. The third kappa shape index (κ3) is 7.24. The smallest absolute Gasteiger partial charge is 0.220 e. The van der Waals surface area contributed by atoms with Gasteiger partial charge in [0.05, 0.1) is 6.61 Å². The fourth-order valence-corrected chi connectivity index (χ4v) is 1.50. The highest BCUT2D eigenvalue weighted by Crippen LogP contribution is 2.17. The van der Waals surface area contributed by atoms with Crippen LogP contribution in [0, 0.1) is 11.6 Å². The Balaban J connectivity index is 0.00000400. The number of hydrogen-bond donors (Lipinski definition) is 2. The number of benzene rings is 1. The van der Waals surface area contributed by atoms with Gasteiger partial charge in [-0.05, 0) is 32.4 Å². The summed E-state index contributed by atoms with van der Waals surface area (Å²) in [6.45, 7) is 4.18. The summed E-state index contributed by atoms with van der Waals surface area (Å²) in [4.78, 5) is 11.6. The van der Waals surface area contributed by atoms with Crippen LogP contribution in [0.2, 0.25) is 0 Å². The predicted molar refractivity (Wildman–Crippen MR) is 79.6 cm³/mol. The van der Waals surface area contributed by atoms with Crippen molar-refractivity contribution in [3.8, 4) is 5.75 Å². The SMILES string of the molecule is CC(C)(CN)NC(=O)CCCOc1ccc(F)cc1F.Cl. The molecule has 21 heavy (non-hydrogen) atoms. The molecular formula is C14H21ClF2N2O2. The van der Waals surface area contributed by atoms with E-state index in [1.165, 1.54) is 6.07 Å². The Morgan fingerprint density at radius 3 is 2.62 bits per heavy atom.